The van der Waals surface area contributed by atoms with Crippen molar-refractivity contribution in [1.29, 1.82) is 0 Å². The molecule has 0 atom stereocenters. The summed E-state index contributed by atoms with van der Waals surface area (Å²) in [7, 11) is -3.94. The van der Waals surface area contributed by atoms with E-state index < -0.39 is 15.9 Å². The molecule has 154 valence electrons. The highest BCUT2D eigenvalue weighted by molar-refractivity contribution is 7.89. The van der Waals surface area contributed by atoms with Gasteiger partial charge >= 0.3 is 0 Å². The third-order valence-electron chi connectivity index (χ3n) is 3.94. The number of hydrogen-bond acceptors (Lipinski definition) is 7. The number of ether oxygens (including phenoxy) is 1. The molecule has 1 aromatic carbocycles. The fourth-order valence-electron chi connectivity index (χ4n) is 2.63. The van der Waals surface area contributed by atoms with E-state index in [1.807, 2.05) is 4.90 Å². The highest BCUT2D eigenvalue weighted by atomic mass is 35.5. The standard InChI is InChI=1S/C16H19N5O4S.2ClH/c17-15-4-1-11(10-19-15)20-16(22)13-9-12(26(18,23)24)2-3-14(13)21-5-7-25-8-6-21;;/h1-4,9-10H,5-8H2,(H2,17,19)(H,20,22)(H2,18,23,24);2*1H. The smallest absolute Gasteiger partial charge is 0.257 e. The monoisotopic (exact) mass is 449 g/mol. The molecule has 0 unspecified atom stereocenters. The molecule has 0 aliphatic carbocycles. The average molecular weight is 450 g/mol. The summed E-state index contributed by atoms with van der Waals surface area (Å²) in [5.74, 6) is -0.142. The molecule has 0 radical (unpaired) electrons. The summed E-state index contributed by atoms with van der Waals surface area (Å²) < 4.78 is 28.7. The molecule has 0 saturated carbocycles. The lowest BCUT2D eigenvalue weighted by molar-refractivity contribution is 0.102. The number of morpholine rings is 1. The maximum atomic E-state index is 12.8. The molecule has 2 heterocycles. The summed E-state index contributed by atoms with van der Waals surface area (Å²) in [5, 5.41) is 7.90. The van der Waals surface area contributed by atoms with Gasteiger partial charge in [0.05, 0.1) is 35.6 Å². The first-order valence-corrected chi connectivity index (χ1v) is 9.41. The second-order valence-corrected chi connectivity index (χ2v) is 7.31. The van der Waals surface area contributed by atoms with E-state index in [0.29, 0.717) is 43.5 Å². The number of hydrogen-bond donors (Lipinski definition) is 3. The molecule has 3 rings (SSSR count). The SMILES string of the molecule is Cl.Cl.Nc1ccc(NC(=O)c2cc(S(N)(=O)=O)ccc2N2CCOCC2)cn1. The van der Waals surface area contributed by atoms with Crippen LogP contribution in [0, 0.1) is 0 Å². The van der Waals surface area contributed by atoms with Gasteiger partial charge in [0.25, 0.3) is 5.91 Å². The maximum absolute atomic E-state index is 12.8. The van der Waals surface area contributed by atoms with Gasteiger partial charge in [0, 0.05) is 18.8 Å². The van der Waals surface area contributed by atoms with Crippen molar-refractivity contribution in [3.63, 3.8) is 0 Å². The van der Waals surface area contributed by atoms with E-state index in [9.17, 15) is 13.2 Å². The molecule has 1 aliphatic heterocycles. The Morgan fingerprint density at radius 2 is 1.82 bits per heavy atom. The largest absolute Gasteiger partial charge is 0.384 e. The van der Waals surface area contributed by atoms with Crippen LogP contribution in [-0.4, -0.2) is 45.6 Å². The first kappa shape index (κ1) is 23.9. The number of nitrogen functional groups attached to an aromatic ring is 1. The number of nitrogens with one attached hydrogen (secondary N) is 1. The zero-order chi connectivity index (χ0) is 18.7. The number of carbonyl (C=O) groups excluding carboxylic acids is 1. The van der Waals surface area contributed by atoms with Gasteiger partial charge in [-0.15, -0.1) is 24.8 Å². The Labute approximate surface area is 175 Å². The van der Waals surface area contributed by atoms with Gasteiger partial charge in [-0.1, -0.05) is 0 Å². The predicted octanol–water partition coefficient (Wildman–Crippen LogP) is 1.24. The van der Waals surface area contributed by atoms with Gasteiger partial charge < -0.3 is 20.7 Å². The maximum Gasteiger partial charge on any atom is 0.257 e. The molecule has 9 nitrogen and oxygen atoms in total. The van der Waals surface area contributed by atoms with Crippen LogP contribution in [0.2, 0.25) is 0 Å². The Balaban J connectivity index is 0.00000196. The van der Waals surface area contributed by atoms with Crippen molar-refractivity contribution in [3.8, 4) is 0 Å². The summed E-state index contributed by atoms with van der Waals surface area (Å²) in [6, 6.07) is 7.42. The number of aromatic nitrogens is 1. The molecule has 2 aromatic rings. The van der Waals surface area contributed by atoms with E-state index >= 15 is 0 Å². The molecular formula is C16H21Cl2N5O4S. The van der Waals surface area contributed by atoms with Crippen molar-refractivity contribution in [2.24, 2.45) is 5.14 Å². The molecule has 1 aromatic heterocycles. The summed E-state index contributed by atoms with van der Waals surface area (Å²) >= 11 is 0. The second kappa shape index (κ2) is 9.89. The molecule has 1 fully saturated rings. The number of sulfonamides is 1. The van der Waals surface area contributed by atoms with Crippen LogP contribution in [0.3, 0.4) is 0 Å². The fraction of sp³-hybridized carbons (Fsp3) is 0.250. The van der Waals surface area contributed by atoms with E-state index in [1.165, 1.54) is 18.3 Å². The molecule has 28 heavy (non-hydrogen) atoms. The quantitative estimate of drug-likeness (QED) is 0.637. The Hall–Kier alpha value is -2.11. The van der Waals surface area contributed by atoms with Gasteiger partial charge in [0.2, 0.25) is 10.0 Å². The third-order valence-corrected chi connectivity index (χ3v) is 4.85. The molecule has 1 saturated heterocycles. The van der Waals surface area contributed by atoms with Gasteiger partial charge in [0.1, 0.15) is 5.82 Å². The molecule has 1 amide bonds. The minimum absolute atomic E-state index is 0. The topological polar surface area (TPSA) is 141 Å². The summed E-state index contributed by atoms with van der Waals surface area (Å²) in [6.07, 6.45) is 1.42. The third kappa shape index (κ3) is 5.69. The number of halogens is 2. The summed E-state index contributed by atoms with van der Waals surface area (Å²) in [6.45, 7) is 2.25. The first-order valence-electron chi connectivity index (χ1n) is 7.87. The molecule has 12 heteroatoms. The number of primary sulfonamides is 1. The normalized spacial score (nSPS) is 13.8. The zero-order valence-corrected chi connectivity index (χ0v) is 17.1. The van der Waals surface area contributed by atoms with Crippen LogP contribution in [0.1, 0.15) is 10.4 Å². The lowest BCUT2D eigenvalue weighted by Gasteiger charge is -2.30. The average Bonchev–Trinajstić information content (AvgIpc) is 2.63. The van der Waals surface area contributed by atoms with Gasteiger partial charge in [-0.25, -0.2) is 18.5 Å². The Kier molecular flexibility index (Phi) is 8.46. The number of anilines is 3. The number of nitrogens with zero attached hydrogens (tertiary/aromatic N) is 2. The van der Waals surface area contributed by atoms with Gasteiger partial charge in [-0.2, -0.15) is 0 Å². The predicted molar refractivity (Wildman–Crippen MR) is 112 cm³/mol. The van der Waals surface area contributed by atoms with E-state index in [1.54, 1.807) is 18.2 Å². The number of benzene rings is 1. The first-order chi connectivity index (χ1) is 12.3. The van der Waals surface area contributed by atoms with Crippen LogP contribution in [0.25, 0.3) is 0 Å². The number of rotatable bonds is 4. The summed E-state index contributed by atoms with van der Waals surface area (Å²) in [5.41, 5.74) is 6.79. The second-order valence-electron chi connectivity index (χ2n) is 5.75. The van der Waals surface area contributed by atoms with E-state index in [4.69, 9.17) is 15.6 Å². The molecule has 0 spiro atoms. The van der Waals surface area contributed by atoms with Crippen LogP contribution >= 0.6 is 24.8 Å². The van der Waals surface area contributed by atoms with E-state index in [0.717, 1.165) is 0 Å². The van der Waals surface area contributed by atoms with Crippen LogP contribution in [0.5, 0.6) is 0 Å². The van der Waals surface area contributed by atoms with Crippen molar-refractivity contribution >= 4 is 57.9 Å². The minimum Gasteiger partial charge on any atom is -0.384 e. The van der Waals surface area contributed by atoms with Crippen LogP contribution < -0.4 is 21.1 Å². The molecule has 5 N–H and O–H groups in total. The Bertz CT molecular complexity index is 919. The fourth-order valence-corrected chi connectivity index (χ4v) is 3.17. The van der Waals surface area contributed by atoms with Gasteiger partial charge in [-0.3, -0.25) is 4.79 Å². The van der Waals surface area contributed by atoms with Gasteiger partial charge in [0.15, 0.2) is 0 Å². The van der Waals surface area contributed by atoms with E-state index in [-0.39, 0.29) is 35.3 Å². The van der Waals surface area contributed by atoms with Crippen molar-refractivity contribution in [1.82, 2.24) is 4.98 Å². The number of nitrogens with two attached hydrogens (primary N) is 2. The van der Waals surface area contributed by atoms with Crippen molar-refractivity contribution in [2.75, 3.05) is 42.3 Å². The highest BCUT2D eigenvalue weighted by Gasteiger charge is 2.22. The van der Waals surface area contributed by atoms with Crippen molar-refractivity contribution in [3.05, 3.63) is 42.1 Å². The molecule has 0 bridgehead atoms. The minimum atomic E-state index is -3.94. The molecule has 1 aliphatic rings. The van der Waals surface area contributed by atoms with Crippen LogP contribution in [-0.2, 0) is 14.8 Å². The number of carbonyl (C=O) groups is 1. The Morgan fingerprint density at radius 3 is 2.39 bits per heavy atom. The highest BCUT2D eigenvalue weighted by Crippen LogP contribution is 2.26. The van der Waals surface area contributed by atoms with Crippen molar-refractivity contribution < 1.29 is 17.9 Å². The van der Waals surface area contributed by atoms with Crippen LogP contribution in [0.15, 0.2) is 41.4 Å². The van der Waals surface area contributed by atoms with Crippen molar-refractivity contribution in [2.45, 2.75) is 4.90 Å². The molecular weight excluding hydrogens is 429 g/mol. The Morgan fingerprint density at radius 1 is 1.14 bits per heavy atom. The number of pyridine rings is 1. The van der Waals surface area contributed by atoms with Gasteiger partial charge in [-0.05, 0) is 30.3 Å². The van der Waals surface area contributed by atoms with E-state index in [2.05, 4.69) is 10.3 Å². The summed E-state index contributed by atoms with van der Waals surface area (Å²) in [4.78, 5) is 18.5. The van der Waals surface area contributed by atoms with Crippen LogP contribution in [0.4, 0.5) is 17.2 Å². The lowest BCUT2D eigenvalue weighted by Crippen LogP contribution is -2.37. The lowest BCUT2D eigenvalue weighted by atomic mass is 10.1. The number of amides is 1. The zero-order valence-electron chi connectivity index (χ0n) is 14.7.